The minimum atomic E-state index is 0.539. The van der Waals surface area contributed by atoms with Gasteiger partial charge in [0.15, 0.2) is 11.5 Å². The molecule has 0 atom stereocenters. The van der Waals surface area contributed by atoms with Gasteiger partial charge < -0.3 is 14.2 Å². The Morgan fingerprint density at radius 1 is 0.857 bits per heavy atom. The quantitative estimate of drug-likeness (QED) is 0.466. The van der Waals surface area contributed by atoms with E-state index in [1.807, 2.05) is 24.3 Å². The maximum absolute atomic E-state index is 8.42. The highest BCUT2D eigenvalue weighted by Crippen LogP contribution is 2.44. The molecule has 0 aliphatic heterocycles. The number of nitrogens with zero attached hydrogens (tertiary/aromatic N) is 3. The van der Waals surface area contributed by atoms with Crippen LogP contribution in [0.15, 0.2) is 41.5 Å². The molecule has 0 aromatic heterocycles. The molecular weight excluding hydrogens is 270 g/mol. The molecule has 2 aromatic rings. The molecule has 0 bridgehead atoms. The molecule has 0 N–H and O–H groups in total. The minimum Gasteiger partial charge on any atom is -0.493 e. The fraction of sp³-hybridized carbons (Fsp3) is 0.200. The first-order chi connectivity index (χ1) is 10.2. The maximum atomic E-state index is 8.42. The van der Waals surface area contributed by atoms with Crippen LogP contribution in [0.5, 0.6) is 17.2 Å². The summed E-state index contributed by atoms with van der Waals surface area (Å²) in [5.41, 5.74) is 10.8. The molecule has 0 fully saturated rings. The van der Waals surface area contributed by atoms with E-state index in [9.17, 15) is 0 Å². The average molecular weight is 285 g/mol. The highest BCUT2D eigenvalue weighted by molar-refractivity contribution is 5.77. The van der Waals surface area contributed by atoms with Crippen molar-refractivity contribution in [3.8, 4) is 28.4 Å². The Balaban J connectivity index is 2.55. The lowest BCUT2D eigenvalue weighted by Crippen LogP contribution is -1.96. The zero-order valence-corrected chi connectivity index (χ0v) is 12.0. The van der Waals surface area contributed by atoms with E-state index in [1.54, 1.807) is 33.5 Å². The van der Waals surface area contributed by atoms with Crippen molar-refractivity contribution in [2.24, 2.45) is 5.11 Å². The summed E-state index contributed by atoms with van der Waals surface area (Å²) < 4.78 is 16.1. The van der Waals surface area contributed by atoms with Crippen molar-refractivity contribution in [3.63, 3.8) is 0 Å². The fourth-order valence-electron chi connectivity index (χ4n) is 2.09. The second-order valence-electron chi connectivity index (χ2n) is 4.12. The predicted molar refractivity (Wildman–Crippen MR) is 80.3 cm³/mol. The third-order valence-corrected chi connectivity index (χ3v) is 3.04. The van der Waals surface area contributed by atoms with Gasteiger partial charge in [-0.25, -0.2) is 0 Å². The molecule has 2 aromatic carbocycles. The molecule has 2 rings (SSSR count). The van der Waals surface area contributed by atoms with Gasteiger partial charge in [-0.15, -0.1) is 0 Å². The predicted octanol–water partition coefficient (Wildman–Crippen LogP) is 4.32. The van der Waals surface area contributed by atoms with Crippen molar-refractivity contribution in [1.82, 2.24) is 0 Å². The highest BCUT2D eigenvalue weighted by Gasteiger charge is 2.16. The average Bonchev–Trinajstić information content (AvgIpc) is 2.54. The molecule has 0 amide bonds. The van der Waals surface area contributed by atoms with Crippen molar-refractivity contribution in [2.45, 2.75) is 0 Å². The van der Waals surface area contributed by atoms with Crippen molar-refractivity contribution in [3.05, 3.63) is 46.8 Å². The number of hydrogen-bond acceptors (Lipinski definition) is 4. The van der Waals surface area contributed by atoms with Gasteiger partial charge in [-0.3, -0.25) is 0 Å². The summed E-state index contributed by atoms with van der Waals surface area (Å²) in [4.78, 5) is 2.76. The van der Waals surface area contributed by atoms with Crippen LogP contribution in [-0.2, 0) is 0 Å². The van der Waals surface area contributed by atoms with Crippen LogP contribution in [0.4, 0.5) is 5.69 Å². The first kappa shape index (κ1) is 14.6. The van der Waals surface area contributed by atoms with Gasteiger partial charge in [0.25, 0.3) is 0 Å². The summed E-state index contributed by atoms with van der Waals surface area (Å²) >= 11 is 0. The van der Waals surface area contributed by atoms with Crippen molar-refractivity contribution in [2.75, 3.05) is 21.3 Å². The standard InChI is InChI=1S/C15H15N3O3/c1-19-13-9-8-12(14(20-2)15(13)21-3)10-4-6-11(7-5-10)17-18-16/h4-9H,1-3H3. The molecule has 0 heterocycles. The number of methoxy groups -OCH3 is 3. The lowest BCUT2D eigenvalue weighted by molar-refractivity contribution is 0.325. The molecule has 108 valence electrons. The lowest BCUT2D eigenvalue weighted by Gasteiger charge is -2.15. The van der Waals surface area contributed by atoms with Crippen molar-refractivity contribution in [1.29, 1.82) is 0 Å². The van der Waals surface area contributed by atoms with Crippen LogP contribution >= 0.6 is 0 Å². The van der Waals surface area contributed by atoms with Gasteiger partial charge in [-0.05, 0) is 23.2 Å². The van der Waals surface area contributed by atoms with E-state index in [-0.39, 0.29) is 0 Å². The van der Waals surface area contributed by atoms with Gasteiger partial charge in [-0.2, -0.15) is 0 Å². The number of hydrogen-bond donors (Lipinski definition) is 0. The number of ether oxygens (including phenoxy) is 3. The summed E-state index contributed by atoms with van der Waals surface area (Å²) in [6.07, 6.45) is 0. The largest absolute Gasteiger partial charge is 0.493 e. The maximum Gasteiger partial charge on any atom is 0.203 e. The van der Waals surface area contributed by atoms with E-state index in [4.69, 9.17) is 19.7 Å². The Hall–Kier alpha value is -2.85. The van der Waals surface area contributed by atoms with Crippen molar-refractivity contribution >= 4 is 5.69 Å². The van der Waals surface area contributed by atoms with Crippen LogP contribution in [-0.4, -0.2) is 21.3 Å². The Morgan fingerprint density at radius 2 is 1.52 bits per heavy atom. The Kier molecular flexibility index (Phi) is 4.53. The van der Waals surface area contributed by atoms with E-state index in [0.717, 1.165) is 11.1 Å². The van der Waals surface area contributed by atoms with Crippen LogP contribution in [0.1, 0.15) is 0 Å². The number of benzene rings is 2. The summed E-state index contributed by atoms with van der Waals surface area (Å²) in [5, 5.41) is 3.55. The highest BCUT2D eigenvalue weighted by atomic mass is 16.5. The van der Waals surface area contributed by atoms with E-state index >= 15 is 0 Å². The molecule has 0 aliphatic carbocycles. The second-order valence-corrected chi connectivity index (χ2v) is 4.12. The van der Waals surface area contributed by atoms with Gasteiger partial charge in [0.05, 0.1) is 21.3 Å². The molecule has 0 aliphatic rings. The zero-order valence-electron chi connectivity index (χ0n) is 12.0. The topological polar surface area (TPSA) is 76.5 Å². The van der Waals surface area contributed by atoms with Gasteiger partial charge in [-0.1, -0.05) is 29.4 Å². The molecular formula is C15H15N3O3. The van der Waals surface area contributed by atoms with Gasteiger partial charge in [0.1, 0.15) is 0 Å². The third kappa shape index (κ3) is 2.85. The lowest BCUT2D eigenvalue weighted by atomic mass is 10.0. The van der Waals surface area contributed by atoms with Gasteiger partial charge in [0.2, 0.25) is 5.75 Å². The zero-order chi connectivity index (χ0) is 15.2. The fourth-order valence-corrected chi connectivity index (χ4v) is 2.09. The van der Waals surface area contributed by atoms with E-state index in [0.29, 0.717) is 22.9 Å². The van der Waals surface area contributed by atoms with Gasteiger partial charge in [0, 0.05) is 16.2 Å². The molecule has 0 spiro atoms. The molecule has 0 radical (unpaired) electrons. The monoisotopic (exact) mass is 285 g/mol. The van der Waals surface area contributed by atoms with E-state index < -0.39 is 0 Å². The normalized spacial score (nSPS) is 9.67. The van der Waals surface area contributed by atoms with Crippen LogP contribution < -0.4 is 14.2 Å². The van der Waals surface area contributed by atoms with Crippen LogP contribution in [0.2, 0.25) is 0 Å². The van der Waals surface area contributed by atoms with Gasteiger partial charge >= 0.3 is 0 Å². The first-order valence-electron chi connectivity index (χ1n) is 6.19. The SMILES string of the molecule is COc1ccc(-c2ccc(N=[N+]=[N-])cc2)c(OC)c1OC. The Morgan fingerprint density at radius 3 is 2.05 bits per heavy atom. The Labute approximate surface area is 122 Å². The molecule has 0 saturated heterocycles. The first-order valence-corrected chi connectivity index (χ1v) is 6.19. The van der Waals surface area contributed by atoms with Crippen molar-refractivity contribution < 1.29 is 14.2 Å². The molecule has 0 saturated carbocycles. The van der Waals surface area contributed by atoms with E-state index in [2.05, 4.69) is 10.0 Å². The summed E-state index contributed by atoms with van der Waals surface area (Å²) in [6, 6.07) is 10.9. The number of azide groups is 1. The molecule has 21 heavy (non-hydrogen) atoms. The minimum absolute atomic E-state index is 0.539. The second kappa shape index (κ2) is 6.54. The Bertz CT molecular complexity index is 677. The summed E-state index contributed by atoms with van der Waals surface area (Å²) in [5.74, 6) is 1.73. The third-order valence-electron chi connectivity index (χ3n) is 3.04. The van der Waals surface area contributed by atoms with E-state index in [1.165, 1.54) is 0 Å². The number of rotatable bonds is 5. The smallest absolute Gasteiger partial charge is 0.203 e. The molecule has 6 heteroatoms. The van der Waals surface area contributed by atoms with Crippen LogP contribution in [0.3, 0.4) is 0 Å². The molecule has 6 nitrogen and oxygen atoms in total. The summed E-state index contributed by atoms with van der Waals surface area (Å²) in [7, 11) is 4.72. The van der Waals surface area contributed by atoms with Crippen LogP contribution in [0.25, 0.3) is 21.6 Å². The van der Waals surface area contributed by atoms with Crippen LogP contribution in [0, 0.1) is 0 Å². The molecule has 0 unspecified atom stereocenters. The summed E-state index contributed by atoms with van der Waals surface area (Å²) in [6.45, 7) is 0.